The fourth-order valence-corrected chi connectivity index (χ4v) is 11.9. The predicted molar refractivity (Wildman–Crippen MR) is 308 cm³/mol. The molecule has 0 saturated carbocycles. The highest BCUT2D eigenvalue weighted by atomic mass is 15.2. The van der Waals surface area contributed by atoms with Crippen LogP contribution in [0.5, 0.6) is 0 Å². The second-order valence-corrected chi connectivity index (χ2v) is 21.2. The molecule has 2 atom stereocenters. The highest BCUT2D eigenvalue weighted by Crippen LogP contribution is 2.58. The summed E-state index contributed by atoms with van der Waals surface area (Å²) >= 11 is 0. The van der Waals surface area contributed by atoms with Gasteiger partial charge < -0.3 is 9.80 Å². The molecule has 0 saturated heterocycles. The van der Waals surface area contributed by atoms with Gasteiger partial charge in [-0.15, -0.1) is 13.2 Å². The number of benzene rings is 5. The van der Waals surface area contributed by atoms with E-state index in [2.05, 4.69) is 271 Å². The molecule has 0 aromatic heterocycles. The van der Waals surface area contributed by atoms with E-state index >= 15 is 0 Å². The van der Waals surface area contributed by atoms with Gasteiger partial charge in [-0.25, -0.2) is 0 Å². The summed E-state index contributed by atoms with van der Waals surface area (Å²) in [5.41, 5.74) is 13.0. The number of nitrogens with zero attached hydrogens (tertiary/aromatic N) is 3. The van der Waals surface area contributed by atoms with Crippen LogP contribution in [0.15, 0.2) is 225 Å². The highest BCUT2D eigenvalue weighted by Gasteiger charge is 2.46. The van der Waals surface area contributed by atoms with E-state index < -0.39 is 5.41 Å². The number of hydrogen-bond donors (Lipinski definition) is 0. The second-order valence-electron chi connectivity index (χ2n) is 21.2. The van der Waals surface area contributed by atoms with Gasteiger partial charge in [0.2, 0.25) is 0 Å². The molecule has 0 bridgehead atoms. The summed E-state index contributed by atoms with van der Waals surface area (Å²) < 4.78 is 0. The molecule has 0 fully saturated rings. The van der Waals surface area contributed by atoms with Gasteiger partial charge in [-0.3, -0.25) is 4.90 Å². The van der Waals surface area contributed by atoms with Crippen LogP contribution in [0.2, 0.25) is 0 Å². The third-order valence-electron chi connectivity index (χ3n) is 17.7. The molecule has 3 aliphatic rings. The maximum atomic E-state index is 4.12. The van der Waals surface area contributed by atoms with Crippen LogP contribution in [0.1, 0.15) is 111 Å². The Bertz CT molecular complexity index is 2660. The van der Waals surface area contributed by atoms with Crippen molar-refractivity contribution < 1.29 is 0 Å². The summed E-state index contributed by atoms with van der Waals surface area (Å²) in [5, 5.41) is 0. The van der Waals surface area contributed by atoms with Crippen molar-refractivity contribution in [3.63, 3.8) is 0 Å². The summed E-state index contributed by atoms with van der Waals surface area (Å²) in [7, 11) is 0. The molecule has 71 heavy (non-hydrogen) atoms. The van der Waals surface area contributed by atoms with Gasteiger partial charge in [0.05, 0.1) is 0 Å². The minimum absolute atomic E-state index is 0.0975. The topological polar surface area (TPSA) is 9.72 Å². The minimum Gasteiger partial charge on any atom is -0.311 e. The number of anilines is 4. The first-order valence-electron chi connectivity index (χ1n) is 26.5. The van der Waals surface area contributed by atoms with E-state index in [1.165, 1.54) is 27.8 Å². The van der Waals surface area contributed by atoms with Gasteiger partial charge in [0, 0.05) is 63.5 Å². The lowest BCUT2D eigenvalue weighted by Crippen LogP contribution is -2.33. The van der Waals surface area contributed by atoms with Crippen LogP contribution < -0.4 is 9.80 Å². The molecule has 8 rings (SSSR count). The molecule has 366 valence electrons. The number of para-hydroxylation sites is 2. The molecule has 5 aromatic carbocycles. The smallest absolute Gasteiger partial charge is 0.0465 e. The normalized spacial score (nSPS) is 20.4. The van der Waals surface area contributed by atoms with Crippen LogP contribution in [-0.2, 0) is 5.41 Å². The Labute approximate surface area is 428 Å². The van der Waals surface area contributed by atoms with E-state index in [4.69, 9.17) is 0 Å². The van der Waals surface area contributed by atoms with Crippen LogP contribution in [0.4, 0.5) is 22.7 Å². The standard InChI is InChI=1S/C68H79N3/c1-11-48-69(49-12-2)50-28-45-68(53-29-20-17-21-30-53)62-51-58(70(54-31-22-18-23-32-54)56-35-26-43-66(9,46-41-56)64(7,13-3)14-4)37-39-60(62)61-40-38-59(52-63(61)68)71(55-33-24-19-25-34-55)57-36-27-44-67(10,47-42-57)65(8,15-5)16-6/h11-12,17-27,29-44,46-47,51-52H,1-2,13-16,28,45,48-50H2,3-10H3. The number of fused-ring (bicyclic) bond motifs is 3. The molecule has 0 aliphatic heterocycles. The van der Waals surface area contributed by atoms with E-state index in [1.807, 2.05) is 12.2 Å². The zero-order chi connectivity index (χ0) is 50.3. The lowest BCUT2D eigenvalue weighted by Gasteiger charge is -2.42. The first kappa shape index (κ1) is 51.0. The van der Waals surface area contributed by atoms with Gasteiger partial charge in [-0.1, -0.05) is 183 Å². The van der Waals surface area contributed by atoms with Crippen LogP contribution in [-0.4, -0.2) is 24.5 Å². The molecule has 0 heterocycles. The Morgan fingerprint density at radius 3 is 1.31 bits per heavy atom. The zero-order valence-corrected chi connectivity index (χ0v) is 44.2. The molecular formula is C68H79N3. The Hall–Kier alpha value is -6.42. The summed E-state index contributed by atoms with van der Waals surface area (Å²) in [6.45, 7) is 29.8. The van der Waals surface area contributed by atoms with E-state index in [0.29, 0.717) is 0 Å². The van der Waals surface area contributed by atoms with Gasteiger partial charge in [-0.05, 0) is 157 Å². The lowest BCUT2D eigenvalue weighted by atomic mass is 9.62. The first-order chi connectivity index (χ1) is 34.4. The van der Waals surface area contributed by atoms with Crippen LogP contribution in [0.3, 0.4) is 0 Å². The van der Waals surface area contributed by atoms with Crippen molar-refractivity contribution in [2.45, 2.75) is 99.3 Å². The molecule has 2 unspecified atom stereocenters. The third-order valence-corrected chi connectivity index (χ3v) is 17.7. The van der Waals surface area contributed by atoms with Crippen molar-refractivity contribution in [2.75, 3.05) is 29.4 Å². The third kappa shape index (κ3) is 9.59. The van der Waals surface area contributed by atoms with Crippen molar-refractivity contribution >= 4 is 22.7 Å². The van der Waals surface area contributed by atoms with Gasteiger partial charge in [0.1, 0.15) is 0 Å². The summed E-state index contributed by atoms with van der Waals surface area (Å²) in [4.78, 5) is 7.39. The summed E-state index contributed by atoms with van der Waals surface area (Å²) in [6.07, 6.45) is 34.1. The second kappa shape index (κ2) is 21.5. The molecule has 3 nitrogen and oxygen atoms in total. The van der Waals surface area contributed by atoms with Crippen LogP contribution in [0, 0.1) is 21.7 Å². The maximum absolute atomic E-state index is 4.12. The fraction of sp³-hybridized carbons (Fsp3) is 0.324. The van der Waals surface area contributed by atoms with E-state index in [-0.39, 0.29) is 21.7 Å². The Morgan fingerprint density at radius 1 is 0.507 bits per heavy atom. The van der Waals surface area contributed by atoms with Crippen molar-refractivity contribution in [1.82, 2.24) is 4.90 Å². The molecule has 5 aromatic rings. The van der Waals surface area contributed by atoms with Gasteiger partial charge >= 0.3 is 0 Å². The highest BCUT2D eigenvalue weighted by molar-refractivity contribution is 5.89. The van der Waals surface area contributed by atoms with Crippen LogP contribution in [0.25, 0.3) is 11.1 Å². The molecule has 3 heteroatoms. The summed E-state index contributed by atoms with van der Waals surface area (Å²) in [5.74, 6) is 0. The predicted octanol–water partition coefficient (Wildman–Crippen LogP) is 18.4. The van der Waals surface area contributed by atoms with E-state index in [9.17, 15) is 0 Å². The quantitative estimate of drug-likeness (QED) is 0.0679. The van der Waals surface area contributed by atoms with Gasteiger partial charge in [-0.2, -0.15) is 0 Å². The molecular weight excluding hydrogens is 859 g/mol. The average Bonchev–Trinajstić information content (AvgIpc) is 3.54. The maximum Gasteiger partial charge on any atom is 0.0465 e. The van der Waals surface area contributed by atoms with E-state index in [1.54, 1.807) is 0 Å². The number of hydrogen-bond acceptors (Lipinski definition) is 3. The first-order valence-corrected chi connectivity index (χ1v) is 26.5. The monoisotopic (exact) mass is 938 g/mol. The Kier molecular flexibility index (Phi) is 15.4. The number of allylic oxidation sites excluding steroid dienone is 10. The summed E-state index contributed by atoms with van der Waals surface area (Å²) in [6, 6.07) is 47.8. The van der Waals surface area contributed by atoms with Gasteiger partial charge in [0.25, 0.3) is 0 Å². The molecule has 0 amide bonds. The molecule has 0 N–H and O–H groups in total. The van der Waals surface area contributed by atoms with Crippen molar-refractivity contribution in [3.8, 4) is 11.1 Å². The molecule has 3 aliphatic carbocycles. The average molecular weight is 938 g/mol. The van der Waals surface area contributed by atoms with Crippen molar-refractivity contribution in [2.24, 2.45) is 21.7 Å². The molecule has 0 radical (unpaired) electrons. The van der Waals surface area contributed by atoms with Gasteiger partial charge in [0.15, 0.2) is 0 Å². The minimum atomic E-state index is -0.469. The van der Waals surface area contributed by atoms with Crippen molar-refractivity contribution in [1.29, 1.82) is 0 Å². The fourth-order valence-electron chi connectivity index (χ4n) is 11.9. The number of rotatable bonds is 21. The Balaban J connectivity index is 1.34. The van der Waals surface area contributed by atoms with E-state index in [0.717, 1.165) is 92.3 Å². The Morgan fingerprint density at radius 2 is 0.915 bits per heavy atom. The SMILES string of the molecule is C=CCN(CC=C)CCCC1(c2ccccc2)c2cc(N(C3=CC=CC(C)(C(C)(CC)CC)C=C3)c3ccccc3)ccc2-c2ccc(N(C3=CC=CC(C)(C(C)(CC)CC)C=C3)c3ccccc3)cc21. The lowest BCUT2D eigenvalue weighted by molar-refractivity contribution is 0.155. The van der Waals surface area contributed by atoms with Crippen LogP contribution >= 0.6 is 0 Å². The molecule has 0 spiro atoms. The van der Waals surface area contributed by atoms with Crippen molar-refractivity contribution in [3.05, 3.63) is 242 Å². The zero-order valence-electron chi connectivity index (χ0n) is 44.2. The largest absolute Gasteiger partial charge is 0.311 e.